The molecule has 0 aromatic heterocycles. The van der Waals surface area contributed by atoms with Gasteiger partial charge in [-0.1, -0.05) is 0 Å². The van der Waals surface area contributed by atoms with E-state index in [2.05, 4.69) is 20.1 Å². The van der Waals surface area contributed by atoms with Crippen LogP contribution in [0.4, 0.5) is 4.79 Å². The van der Waals surface area contributed by atoms with Crippen LogP contribution in [0, 0.1) is 0 Å². The number of carbonyl (C=O) groups is 4. The zero-order valence-corrected chi connectivity index (χ0v) is 17.3. The Kier molecular flexibility index (Phi) is 11.8. The van der Waals surface area contributed by atoms with Gasteiger partial charge in [-0.15, -0.1) is 0 Å². The smallest absolute Gasteiger partial charge is 0.408 e. The predicted molar refractivity (Wildman–Crippen MR) is 101 cm³/mol. The van der Waals surface area contributed by atoms with E-state index < -0.39 is 41.6 Å². The van der Waals surface area contributed by atoms with Crippen LogP contribution in [-0.2, 0) is 28.6 Å². The van der Waals surface area contributed by atoms with E-state index in [-0.39, 0.29) is 12.8 Å². The van der Waals surface area contributed by atoms with Gasteiger partial charge in [0, 0.05) is 6.42 Å². The zero-order valence-electron chi connectivity index (χ0n) is 17.3. The van der Waals surface area contributed by atoms with Crippen molar-refractivity contribution in [2.24, 2.45) is 5.73 Å². The van der Waals surface area contributed by atoms with E-state index in [0.29, 0.717) is 25.8 Å². The third-order valence-corrected chi connectivity index (χ3v) is 3.62. The molecule has 0 saturated heterocycles. The van der Waals surface area contributed by atoms with Crippen LogP contribution in [0.15, 0.2) is 0 Å². The number of methoxy groups -OCH3 is 2. The van der Waals surface area contributed by atoms with Crippen LogP contribution in [0.5, 0.6) is 0 Å². The van der Waals surface area contributed by atoms with Crippen molar-refractivity contribution in [3.8, 4) is 0 Å². The van der Waals surface area contributed by atoms with Gasteiger partial charge in [-0.25, -0.2) is 9.59 Å². The van der Waals surface area contributed by atoms with Crippen molar-refractivity contribution in [2.75, 3.05) is 20.8 Å². The molecule has 0 aromatic carbocycles. The van der Waals surface area contributed by atoms with Crippen molar-refractivity contribution in [2.45, 2.75) is 70.6 Å². The van der Waals surface area contributed by atoms with E-state index in [0.717, 1.165) is 0 Å². The predicted octanol–water partition coefficient (Wildman–Crippen LogP) is 0.620. The van der Waals surface area contributed by atoms with Gasteiger partial charge in [-0.2, -0.15) is 0 Å². The van der Waals surface area contributed by atoms with Gasteiger partial charge in [0.25, 0.3) is 0 Å². The minimum absolute atomic E-state index is 0.00699. The Morgan fingerprint density at radius 1 is 0.929 bits per heavy atom. The standard InChI is InChI=1S/C18H33N3O7/c1-18(2,3)28-17(25)21-12(8-6-7-11-19)15(23)20-13(16(24)27-5)9-10-14(22)26-4/h12-13H,6-11,19H2,1-5H3,(H,20,23)(H,21,25)/t12-,13+/m0/s1. The summed E-state index contributed by atoms with van der Waals surface area (Å²) in [6.45, 7) is 5.56. The van der Waals surface area contributed by atoms with Crippen LogP contribution in [0.3, 0.4) is 0 Å². The molecule has 28 heavy (non-hydrogen) atoms. The Morgan fingerprint density at radius 3 is 2.07 bits per heavy atom. The zero-order chi connectivity index (χ0) is 21.7. The van der Waals surface area contributed by atoms with Crippen molar-refractivity contribution in [1.29, 1.82) is 0 Å². The fraction of sp³-hybridized carbons (Fsp3) is 0.778. The van der Waals surface area contributed by atoms with E-state index in [9.17, 15) is 19.2 Å². The maximum absolute atomic E-state index is 12.6. The van der Waals surface area contributed by atoms with Gasteiger partial charge in [0.2, 0.25) is 5.91 Å². The summed E-state index contributed by atoms with van der Waals surface area (Å²) in [4.78, 5) is 47.9. The Balaban J connectivity index is 5.10. The highest BCUT2D eigenvalue weighted by atomic mass is 16.6. The fourth-order valence-corrected chi connectivity index (χ4v) is 2.24. The van der Waals surface area contributed by atoms with Crippen molar-refractivity contribution in [1.82, 2.24) is 10.6 Å². The van der Waals surface area contributed by atoms with Gasteiger partial charge in [0.05, 0.1) is 14.2 Å². The summed E-state index contributed by atoms with van der Waals surface area (Å²) in [7, 11) is 2.41. The second kappa shape index (κ2) is 12.9. The summed E-state index contributed by atoms with van der Waals surface area (Å²) in [5.74, 6) is -1.80. The summed E-state index contributed by atoms with van der Waals surface area (Å²) in [5, 5.41) is 5.03. The monoisotopic (exact) mass is 403 g/mol. The Bertz CT molecular complexity index is 532. The molecule has 0 aliphatic rings. The number of nitrogens with two attached hydrogens (primary N) is 1. The molecule has 0 radical (unpaired) electrons. The summed E-state index contributed by atoms with van der Waals surface area (Å²) in [6, 6.07) is -1.97. The molecular formula is C18H33N3O7. The summed E-state index contributed by atoms with van der Waals surface area (Å²) in [5.41, 5.74) is 4.75. The number of esters is 2. The van der Waals surface area contributed by atoms with Gasteiger partial charge in [-0.05, 0) is 53.0 Å². The van der Waals surface area contributed by atoms with Crippen LogP contribution in [-0.4, -0.2) is 62.4 Å². The maximum atomic E-state index is 12.6. The molecular weight excluding hydrogens is 370 g/mol. The molecule has 162 valence electrons. The highest BCUT2D eigenvalue weighted by molar-refractivity contribution is 5.89. The molecule has 2 atom stereocenters. The number of hydrogen-bond donors (Lipinski definition) is 3. The first-order valence-corrected chi connectivity index (χ1v) is 9.18. The van der Waals surface area contributed by atoms with Crippen molar-refractivity contribution in [3.63, 3.8) is 0 Å². The third-order valence-electron chi connectivity index (χ3n) is 3.62. The molecule has 0 spiro atoms. The first-order chi connectivity index (χ1) is 13.0. The lowest BCUT2D eigenvalue weighted by atomic mass is 10.1. The summed E-state index contributed by atoms with van der Waals surface area (Å²) < 4.78 is 14.4. The average molecular weight is 403 g/mol. The summed E-state index contributed by atoms with van der Waals surface area (Å²) >= 11 is 0. The molecule has 0 unspecified atom stereocenters. The first kappa shape index (κ1) is 25.6. The first-order valence-electron chi connectivity index (χ1n) is 9.18. The van der Waals surface area contributed by atoms with Gasteiger partial charge in [0.1, 0.15) is 17.7 Å². The van der Waals surface area contributed by atoms with Gasteiger partial charge in [0.15, 0.2) is 0 Å². The van der Waals surface area contributed by atoms with Crippen LogP contribution >= 0.6 is 0 Å². The number of hydrogen-bond acceptors (Lipinski definition) is 8. The van der Waals surface area contributed by atoms with Crippen LogP contribution < -0.4 is 16.4 Å². The molecule has 0 fully saturated rings. The average Bonchev–Trinajstić information content (AvgIpc) is 2.61. The SMILES string of the molecule is COC(=O)CC[C@@H](NC(=O)[C@H](CCCCN)NC(=O)OC(C)(C)C)C(=O)OC. The molecule has 0 rings (SSSR count). The number of nitrogens with one attached hydrogen (secondary N) is 2. The molecule has 2 amide bonds. The minimum atomic E-state index is -1.05. The fourth-order valence-electron chi connectivity index (χ4n) is 2.24. The van der Waals surface area contributed by atoms with Crippen molar-refractivity contribution < 1.29 is 33.4 Å². The lowest BCUT2D eigenvalue weighted by Crippen LogP contribution is -2.52. The lowest BCUT2D eigenvalue weighted by molar-refractivity contribution is -0.146. The van der Waals surface area contributed by atoms with E-state index in [1.54, 1.807) is 20.8 Å². The molecule has 0 aromatic rings. The molecule has 10 heteroatoms. The Hall–Kier alpha value is -2.36. The van der Waals surface area contributed by atoms with E-state index >= 15 is 0 Å². The number of ether oxygens (including phenoxy) is 3. The third kappa shape index (κ3) is 11.4. The van der Waals surface area contributed by atoms with E-state index in [4.69, 9.17) is 10.5 Å². The van der Waals surface area contributed by atoms with Crippen LogP contribution in [0.2, 0.25) is 0 Å². The van der Waals surface area contributed by atoms with Gasteiger partial charge in [-0.3, -0.25) is 9.59 Å². The number of unbranched alkanes of at least 4 members (excludes halogenated alkanes) is 1. The minimum Gasteiger partial charge on any atom is -0.469 e. The van der Waals surface area contributed by atoms with Gasteiger partial charge < -0.3 is 30.6 Å². The van der Waals surface area contributed by atoms with Gasteiger partial charge >= 0.3 is 18.0 Å². The molecule has 10 nitrogen and oxygen atoms in total. The number of rotatable bonds is 11. The Morgan fingerprint density at radius 2 is 1.57 bits per heavy atom. The lowest BCUT2D eigenvalue weighted by Gasteiger charge is -2.24. The molecule has 0 saturated carbocycles. The number of carbonyl (C=O) groups excluding carboxylic acids is 4. The quantitative estimate of drug-likeness (QED) is 0.258. The molecule has 0 bridgehead atoms. The topological polar surface area (TPSA) is 146 Å². The van der Waals surface area contributed by atoms with Crippen LogP contribution in [0.25, 0.3) is 0 Å². The highest BCUT2D eigenvalue weighted by Gasteiger charge is 2.29. The second-order valence-electron chi connectivity index (χ2n) is 7.18. The number of alkyl carbamates (subject to hydrolysis) is 1. The molecule has 0 aliphatic carbocycles. The molecule has 0 aliphatic heterocycles. The highest BCUT2D eigenvalue weighted by Crippen LogP contribution is 2.09. The van der Waals surface area contributed by atoms with Crippen molar-refractivity contribution in [3.05, 3.63) is 0 Å². The number of amides is 2. The largest absolute Gasteiger partial charge is 0.469 e. The summed E-state index contributed by atoms with van der Waals surface area (Å²) in [6.07, 6.45) is 0.760. The molecule has 4 N–H and O–H groups in total. The maximum Gasteiger partial charge on any atom is 0.408 e. The normalized spacial score (nSPS) is 13.1. The Labute approximate surface area is 165 Å². The van der Waals surface area contributed by atoms with Crippen molar-refractivity contribution >= 4 is 23.9 Å². The second-order valence-corrected chi connectivity index (χ2v) is 7.18. The van der Waals surface area contributed by atoms with E-state index in [1.165, 1.54) is 14.2 Å². The van der Waals surface area contributed by atoms with E-state index in [1.807, 2.05) is 0 Å². The van der Waals surface area contributed by atoms with Crippen LogP contribution in [0.1, 0.15) is 52.9 Å². The molecule has 0 heterocycles.